The second kappa shape index (κ2) is 5.22. The molecule has 0 spiro atoms. The van der Waals surface area contributed by atoms with Gasteiger partial charge in [-0.15, -0.1) is 5.10 Å². The van der Waals surface area contributed by atoms with E-state index >= 15 is 0 Å². The van der Waals surface area contributed by atoms with Crippen LogP contribution in [-0.2, 0) is 18.0 Å². The van der Waals surface area contributed by atoms with Crippen molar-refractivity contribution in [2.75, 3.05) is 0 Å². The maximum Gasteiger partial charge on any atom is 0.342 e. The summed E-state index contributed by atoms with van der Waals surface area (Å²) >= 11 is 0. The number of aromatic nitrogens is 2. The lowest BCUT2D eigenvalue weighted by Crippen LogP contribution is -1.94. The fourth-order valence-electron chi connectivity index (χ4n) is 1.37. The van der Waals surface area contributed by atoms with E-state index in [0.717, 1.165) is 5.56 Å². The Hall–Kier alpha value is -2.21. The number of aromatic amines is 1. The fourth-order valence-corrected chi connectivity index (χ4v) is 1.37. The van der Waals surface area contributed by atoms with E-state index in [2.05, 4.69) is 10.2 Å². The Labute approximate surface area is 97.4 Å². The molecule has 0 saturated heterocycles. The summed E-state index contributed by atoms with van der Waals surface area (Å²) in [6.07, 6.45) is 0. The number of nitrogens with zero attached hydrogens (tertiary/aromatic N) is 2. The summed E-state index contributed by atoms with van der Waals surface area (Å²) in [5.74, 6) is -0.122. The van der Waals surface area contributed by atoms with E-state index in [1.54, 1.807) is 0 Å². The summed E-state index contributed by atoms with van der Waals surface area (Å²) in [7, 11) is 0. The van der Waals surface area contributed by atoms with Crippen LogP contribution in [0.15, 0.2) is 36.4 Å². The monoisotopic (exact) mass is 233 g/mol. The van der Waals surface area contributed by atoms with Gasteiger partial charge in [0.2, 0.25) is 0 Å². The van der Waals surface area contributed by atoms with Crippen LogP contribution in [0.1, 0.15) is 11.3 Å². The van der Waals surface area contributed by atoms with Crippen LogP contribution in [0.3, 0.4) is 0 Å². The molecular weight excluding hydrogens is 222 g/mol. The topological polar surface area (TPSA) is 81.1 Å². The molecule has 0 aliphatic rings. The first-order chi connectivity index (χ1) is 8.25. The largest absolute Gasteiger partial charge is 0.370 e. The zero-order valence-corrected chi connectivity index (χ0v) is 9.00. The molecule has 1 heterocycles. The van der Waals surface area contributed by atoms with Crippen LogP contribution in [-0.4, -0.2) is 15.1 Å². The highest BCUT2D eigenvalue weighted by atomic mass is 16.6. The van der Waals surface area contributed by atoms with Crippen molar-refractivity contribution in [3.05, 3.63) is 57.8 Å². The summed E-state index contributed by atoms with van der Waals surface area (Å²) in [5, 5.41) is 16.5. The number of nitro groups is 1. The highest BCUT2D eigenvalue weighted by Gasteiger charge is 2.09. The first kappa shape index (κ1) is 11.3. The van der Waals surface area contributed by atoms with Crippen LogP contribution in [0.25, 0.3) is 0 Å². The van der Waals surface area contributed by atoms with E-state index < -0.39 is 4.92 Å². The minimum atomic E-state index is -0.520. The number of rotatable bonds is 5. The van der Waals surface area contributed by atoms with Gasteiger partial charge in [0, 0.05) is 0 Å². The van der Waals surface area contributed by atoms with Gasteiger partial charge < -0.3 is 14.9 Å². The number of ether oxygens (including phenoxy) is 1. The minimum absolute atomic E-state index is 0.122. The molecule has 0 saturated carbocycles. The van der Waals surface area contributed by atoms with E-state index in [-0.39, 0.29) is 12.4 Å². The number of hydrogen-bond donors (Lipinski definition) is 1. The molecule has 0 radical (unpaired) electrons. The highest BCUT2D eigenvalue weighted by molar-refractivity contribution is 5.20. The van der Waals surface area contributed by atoms with E-state index in [9.17, 15) is 10.1 Å². The lowest BCUT2D eigenvalue weighted by Gasteiger charge is -2.00. The molecule has 1 aromatic carbocycles. The van der Waals surface area contributed by atoms with Crippen LogP contribution >= 0.6 is 0 Å². The van der Waals surface area contributed by atoms with Gasteiger partial charge >= 0.3 is 5.82 Å². The Morgan fingerprint density at radius 3 is 2.71 bits per heavy atom. The number of benzene rings is 1. The second-order valence-electron chi connectivity index (χ2n) is 3.48. The number of hydrogen-bond acceptors (Lipinski definition) is 4. The third-order valence-corrected chi connectivity index (χ3v) is 2.18. The van der Waals surface area contributed by atoms with Gasteiger partial charge in [0.25, 0.3) is 0 Å². The fraction of sp³-hybridized carbons (Fsp3) is 0.182. The van der Waals surface area contributed by atoms with E-state index in [0.29, 0.717) is 12.3 Å². The molecule has 0 amide bonds. The van der Waals surface area contributed by atoms with Crippen molar-refractivity contribution in [2.24, 2.45) is 0 Å². The van der Waals surface area contributed by atoms with Gasteiger partial charge in [-0.3, -0.25) is 0 Å². The molecule has 1 aromatic heterocycles. The predicted octanol–water partition coefficient (Wildman–Crippen LogP) is 2.03. The Kier molecular flexibility index (Phi) is 3.46. The first-order valence-corrected chi connectivity index (χ1v) is 5.06. The van der Waals surface area contributed by atoms with Crippen molar-refractivity contribution in [2.45, 2.75) is 13.2 Å². The van der Waals surface area contributed by atoms with Crippen LogP contribution in [0.2, 0.25) is 0 Å². The van der Waals surface area contributed by atoms with E-state index in [1.807, 2.05) is 30.3 Å². The summed E-state index contributed by atoms with van der Waals surface area (Å²) in [6, 6.07) is 11.1. The molecular formula is C11H11N3O3. The van der Waals surface area contributed by atoms with Crippen molar-refractivity contribution in [3.63, 3.8) is 0 Å². The van der Waals surface area contributed by atoms with Gasteiger partial charge in [-0.1, -0.05) is 35.4 Å². The maximum atomic E-state index is 10.4. The normalized spacial score (nSPS) is 10.4. The molecule has 6 nitrogen and oxygen atoms in total. The quantitative estimate of drug-likeness (QED) is 0.632. The molecule has 88 valence electrons. The Morgan fingerprint density at radius 1 is 1.29 bits per heavy atom. The minimum Gasteiger partial charge on any atom is -0.370 e. The molecule has 0 unspecified atom stereocenters. The van der Waals surface area contributed by atoms with Gasteiger partial charge in [0.15, 0.2) is 0 Å². The summed E-state index contributed by atoms with van der Waals surface area (Å²) in [6.45, 7) is 0.709. The molecule has 0 aliphatic heterocycles. The maximum absolute atomic E-state index is 10.4. The van der Waals surface area contributed by atoms with Crippen molar-refractivity contribution in [1.29, 1.82) is 0 Å². The van der Waals surface area contributed by atoms with Crippen molar-refractivity contribution < 1.29 is 9.66 Å². The molecule has 2 aromatic rings. The highest BCUT2D eigenvalue weighted by Crippen LogP contribution is 2.09. The molecule has 0 fully saturated rings. The van der Waals surface area contributed by atoms with Gasteiger partial charge in [-0.2, -0.15) is 0 Å². The molecule has 0 aliphatic carbocycles. The Bertz CT molecular complexity index is 496. The van der Waals surface area contributed by atoms with E-state index in [1.165, 1.54) is 6.07 Å². The molecule has 1 N–H and O–H groups in total. The molecule has 0 atom stereocenters. The zero-order valence-electron chi connectivity index (χ0n) is 9.00. The molecule has 0 bridgehead atoms. The third-order valence-electron chi connectivity index (χ3n) is 2.18. The zero-order chi connectivity index (χ0) is 12.1. The van der Waals surface area contributed by atoms with E-state index in [4.69, 9.17) is 4.74 Å². The standard InChI is InChI=1S/C11H11N3O3/c15-14(16)11-6-10(12-13-11)8-17-7-9-4-2-1-3-5-9/h1-6H,7-8H2,(H,12,13). The summed E-state index contributed by atoms with van der Waals surface area (Å²) in [5.41, 5.74) is 1.57. The van der Waals surface area contributed by atoms with Crippen LogP contribution in [0, 0.1) is 10.1 Å². The van der Waals surface area contributed by atoms with Crippen LogP contribution < -0.4 is 0 Å². The van der Waals surface area contributed by atoms with Crippen molar-refractivity contribution in [3.8, 4) is 0 Å². The van der Waals surface area contributed by atoms with Gasteiger partial charge in [-0.05, 0) is 10.5 Å². The van der Waals surface area contributed by atoms with Gasteiger partial charge in [-0.25, -0.2) is 0 Å². The Morgan fingerprint density at radius 2 is 2.06 bits per heavy atom. The SMILES string of the molecule is O=[N+]([O-])c1cc(COCc2ccccc2)n[nH]1. The average molecular weight is 233 g/mol. The van der Waals surface area contributed by atoms with Gasteiger partial charge in [0.05, 0.1) is 19.3 Å². The lowest BCUT2D eigenvalue weighted by molar-refractivity contribution is -0.389. The summed E-state index contributed by atoms with van der Waals surface area (Å²) in [4.78, 5) is 9.88. The first-order valence-electron chi connectivity index (χ1n) is 5.06. The second-order valence-corrected chi connectivity index (χ2v) is 3.48. The number of H-pyrrole nitrogens is 1. The summed E-state index contributed by atoms with van der Waals surface area (Å²) < 4.78 is 5.39. The molecule has 2 rings (SSSR count). The lowest BCUT2D eigenvalue weighted by atomic mass is 10.2. The third kappa shape index (κ3) is 3.12. The molecule has 6 heteroatoms. The average Bonchev–Trinajstić information content (AvgIpc) is 2.79. The Balaban J connectivity index is 1.84. The predicted molar refractivity (Wildman–Crippen MR) is 60.2 cm³/mol. The van der Waals surface area contributed by atoms with Crippen molar-refractivity contribution in [1.82, 2.24) is 10.2 Å². The smallest absolute Gasteiger partial charge is 0.342 e. The molecule has 17 heavy (non-hydrogen) atoms. The van der Waals surface area contributed by atoms with Crippen LogP contribution in [0.4, 0.5) is 5.82 Å². The van der Waals surface area contributed by atoms with Gasteiger partial charge in [0.1, 0.15) is 5.69 Å². The number of nitrogens with one attached hydrogen (secondary N) is 1. The van der Waals surface area contributed by atoms with Crippen LogP contribution in [0.5, 0.6) is 0 Å². The van der Waals surface area contributed by atoms with Crippen molar-refractivity contribution >= 4 is 5.82 Å².